The Morgan fingerprint density at radius 3 is 2.00 bits per heavy atom. The lowest BCUT2D eigenvalue weighted by molar-refractivity contribution is -0.120. The monoisotopic (exact) mass is 611 g/mol. The average Bonchev–Trinajstić information content (AvgIpc) is 3.01. The van der Waals surface area contributed by atoms with Gasteiger partial charge in [-0.15, -0.1) is 0 Å². The molecule has 0 aromatic heterocycles. The van der Waals surface area contributed by atoms with Gasteiger partial charge >= 0.3 is 0 Å². The topological polar surface area (TPSA) is 105 Å². The van der Waals surface area contributed by atoms with Crippen LogP contribution in [-0.4, -0.2) is 37.2 Å². The number of aryl methyl sites for hydroxylation is 2. The Morgan fingerprint density at radius 2 is 1.39 bits per heavy atom. The summed E-state index contributed by atoms with van der Waals surface area (Å²) in [4.78, 5) is 26.9. The highest BCUT2D eigenvalue weighted by Crippen LogP contribution is 2.34. The minimum Gasteiger partial charge on any atom is -0.494 e. The molecule has 0 saturated carbocycles. The van der Waals surface area contributed by atoms with E-state index in [1.807, 2.05) is 65.0 Å². The number of amides is 2. The van der Waals surface area contributed by atoms with Gasteiger partial charge < -0.3 is 15.4 Å². The van der Waals surface area contributed by atoms with Crippen LogP contribution in [-0.2, 0) is 27.8 Å². The second-order valence-corrected chi connectivity index (χ2v) is 12.9. The summed E-state index contributed by atoms with van der Waals surface area (Å²) in [6, 6.07) is 22.3. The molecule has 0 bridgehead atoms. The largest absolute Gasteiger partial charge is 0.494 e. The number of benzene rings is 4. The molecule has 0 spiro atoms. The van der Waals surface area contributed by atoms with Gasteiger partial charge in [0.05, 0.1) is 11.5 Å². The van der Waals surface area contributed by atoms with Crippen LogP contribution in [0.5, 0.6) is 5.75 Å². The molecule has 4 aromatic rings. The Labute approximate surface area is 259 Å². The zero-order valence-electron chi connectivity index (χ0n) is 25.6. The molecule has 44 heavy (non-hydrogen) atoms. The quantitative estimate of drug-likeness (QED) is 0.243. The number of hydrogen-bond acceptors (Lipinski definition) is 5. The molecule has 9 heteroatoms. The number of carbonyl (C=O) groups excluding carboxylic acids is 2. The Morgan fingerprint density at radius 1 is 0.818 bits per heavy atom. The van der Waals surface area contributed by atoms with Crippen LogP contribution >= 0.6 is 0 Å². The first kappa shape index (κ1) is 31.0. The third-order valence-corrected chi connectivity index (χ3v) is 10.3. The fourth-order valence-electron chi connectivity index (χ4n) is 5.59. The predicted octanol–water partition coefficient (Wildman–Crippen LogP) is 6.33. The van der Waals surface area contributed by atoms with E-state index in [0.29, 0.717) is 34.7 Å². The lowest BCUT2D eigenvalue weighted by Crippen LogP contribution is -2.50. The molecule has 4 aromatic carbocycles. The smallest absolute Gasteiger partial charge is 0.255 e. The standard InChI is InChI=1S/C35H37N3O5S/c1-6-43-31-17-15-30(16-18-31)36-34(39)26-11-13-29(14-12-26)37-35(40)32-20-27-9-7-8-10-28(27)21-38(32)44(41,42)33-24(4)22(2)19-23(3)25(33)5/h7-19,32H,6,20-21H2,1-5H3,(H,36,39)(H,37,40). The normalized spacial score (nSPS) is 14.9. The van der Waals surface area contributed by atoms with E-state index in [-0.39, 0.29) is 23.8 Å². The zero-order chi connectivity index (χ0) is 31.6. The lowest BCUT2D eigenvalue weighted by atomic mass is 9.95. The van der Waals surface area contributed by atoms with Crippen molar-refractivity contribution in [3.05, 3.63) is 118 Å². The second kappa shape index (κ2) is 12.6. The summed E-state index contributed by atoms with van der Waals surface area (Å²) in [6.45, 7) is 9.98. The maximum Gasteiger partial charge on any atom is 0.255 e. The molecule has 2 N–H and O–H groups in total. The van der Waals surface area contributed by atoms with Crippen LogP contribution in [0.15, 0.2) is 83.8 Å². The molecule has 2 amide bonds. The maximum atomic E-state index is 14.3. The summed E-state index contributed by atoms with van der Waals surface area (Å²) in [5.41, 5.74) is 6.46. The molecular weight excluding hydrogens is 574 g/mol. The molecule has 1 unspecified atom stereocenters. The Balaban J connectivity index is 1.38. The highest BCUT2D eigenvalue weighted by atomic mass is 32.2. The van der Waals surface area contributed by atoms with Gasteiger partial charge in [-0.1, -0.05) is 30.3 Å². The molecular formula is C35H37N3O5S. The number of carbonyl (C=O) groups is 2. The third-order valence-electron chi connectivity index (χ3n) is 8.21. The van der Waals surface area contributed by atoms with Gasteiger partial charge in [0.15, 0.2) is 0 Å². The van der Waals surface area contributed by atoms with Crippen molar-refractivity contribution >= 4 is 33.2 Å². The van der Waals surface area contributed by atoms with Crippen LogP contribution in [0.3, 0.4) is 0 Å². The molecule has 8 nitrogen and oxygen atoms in total. The fraction of sp³-hybridized carbons (Fsp3) is 0.257. The molecule has 1 heterocycles. The van der Waals surface area contributed by atoms with Crippen LogP contribution in [0, 0.1) is 27.7 Å². The summed E-state index contributed by atoms with van der Waals surface area (Å²) in [5, 5.41) is 5.74. The molecule has 0 saturated heterocycles. The van der Waals surface area contributed by atoms with Gasteiger partial charge in [-0.05, 0) is 123 Å². The van der Waals surface area contributed by atoms with Crippen LogP contribution in [0.25, 0.3) is 0 Å². The van der Waals surface area contributed by atoms with Crippen molar-refractivity contribution < 1.29 is 22.7 Å². The Bertz CT molecular complexity index is 1790. The predicted molar refractivity (Wildman–Crippen MR) is 173 cm³/mol. The van der Waals surface area contributed by atoms with Gasteiger partial charge in [0, 0.05) is 23.5 Å². The van der Waals surface area contributed by atoms with Crippen LogP contribution in [0.1, 0.15) is 50.7 Å². The highest BCUT2D eigenvalue weighted by Gasteiger charge is 2.41. The maximum absolute atomic E-state index is 14.3. The molecule has 228 valence electrons. The number of anilines is 2. The first-order valence-corrected chi connectivity index (χ1v) is 16.0. The number of sulfonamides is 1. The molecule has 1 aliphatic heterocycles. The van der Waals surface area contributed by atoms with Crippen molar-refractivity contribution in [1.82, 2.24) is 4.31 Å². The van der Waals surface area contributed by atoms with E-state index in [1.165, 1.54) is 4.31 Å². The van der Waals surface area contributed by atoms with Crippen molar-refractivity contribution in [3.8, 4) is 5.75 Å². The number of nitrogens with zero attached hydrogens (tertiary/aromatic N) is 1. The summed E-state index contributed by atoms with van der Waals surface area (Å²) in [6.07, 6.45) is 0.243. The summed E-state index contributed by atoms with van der Waals surface area (Å²) < 4.78 is 35.4. The summed E-state index contributed by atoms with van der Waals surface area (Å²) in [7, 11) is -4.04. The van der Waals surface area contributed by atoms with Crippen molar-refractivity contribution in [2.24, 2.45) is 0 Å². The van der Waals surface area contributed by atoms with Crippen molar-refractivity contribution in [2.45, 2.75) is 58.5 Å². The van der Waals surface area contributed by atoms with Crippen molar-refractivity contribution in [3.63, 3.8) is 0 Å². The second-order valence-electron chi connectivity index (χ2n) is 11.1. The van der Waals surface area contributed by atoms with E-state index in [9.17, 15) is 18.0 Å². The van der Waals surface area contributed by atoms with E-state index >= 15 is 0 Å². The van der Waals surface area contributed by atoms with Gasteiger partial charge in [-0.25, -0.2) is 8.42 Å². The minimum absolute atomic E-state index is 0.0904. The molecule has 0 radical (unpaired) electrons. The molecule has 0 aliphatic carbocycles. The van der Waals surface area contributed by atoms with Crippen LogP contribution < -0.4 is 15.4 Å². The summed E-state index contributed by atoms with van der Waals surface area (Å²) >= 11 is 0. The van der Waals surface area contributed by atoms with E-state index in [0.717, 1.165) is 28.0 Å². The third kappa shape index (κ3) is 6.25. The fourth-order valence-corrected chi connectivity index (χ4v) is 7.74. The molecule has 1 atom stereocenters. The molecule has 5 rings (SSSR count). The van der Waals surface area contributed by atoms with Crippen molar-refractivity contribution in [1.29, 1.82) is 0 Å². The van der Waals surface area contributed by atoms with E-state index in [2.05, 4.69) is 10.6 Å². The molecule has 1 aliphatic rings. The number of rotatable bonds is 8. The SMILES string of the molecule is CCOc1ccc(NC(=O)c2ccc(NC(=O)C3Cc4ccccc4CN3S(=O)(=O)c3c(C)c(C)cc(C)c3C)cc2)cc1. The van der Waals surface area contributed by atoms with Gasteiger partial charge in [0.1, 0.15) is 11.8 Å². The number of ether oxygens (including phenoxy) is 1. The van der Waals surface area contributed by atoms with Gasteiger partial charge in [0.2, 0.25) is 15.9 Å². The number of fused-ring (bicyclic) bond motifs is 1. The van der Waals surface area contributed by atoms with Crippen LogP contribution in [0.4, 0.5) is 11.4 Å². The molecule has 0 fully saturated rings. The van der Waals surface area contributed by atoms with Gasteiger partial charge in [-0.2, -0.15) is 4.31 Å². The van der Waals surface area contributed by atoms with Gasteiger partial charge in [0.25, 0.3) is 5.91 Å². The Kier molecular flexibility index (Phi) is 8.90. The number of nitrogens with one attached hydrogen (secondary N) is 2. The van der Waals surface area contributed by atoms with Gasteiger partial charge in [-0.3, -0.25) is 9.59 Å². The Hall–Kier alpha value is -4.47. The first-order chi connectivity index (χ1) is 21.0. The summed E-state index contributed by atoms with van der Waals surface area (Å²) in [5.74, 6) is -0.0144. The average molecular weight is 612 g/mol. The van der Waals surface area contributed by atoms with E-state index in [1.54, 1.807) is 48.5 Å². The van der Waals surface area contributed by atoms with Crippen molar-refractivity contribution in [2.75, 3.05) is 17.2 Å². The lowest BCUT2D eigenvalue weighted by Gasteiger charge is -2.36. The van der Waals surface area contributed by atoms with E-state index < -0.39 is 22.0 Å². The zero-order valence-corrected chi connectivity index (χ0v) is 26.4. The van der Waals surface area contributed by atoms with E-state index in [4.69, 9.17) is 4.74 Å². The minimum atomic E-state index is -4.04. The number of hydrogen-bond donors (Lipinski definition) is 2. The van der Waals surface area contributed by atoms with Crippen LogP contribution in [0.2, 0.25) is 0 Å². The highest BCUT2D eigenvalue weighted by molar-refractivity contribution is 7.89. The first-order valence-electron chi connectivity index (χ1n) is 14.6.